The van der Waals surface area contributed by atoms with Crippen LogP contribution in [-0.2, 0) is 30.4 Å². The average Bonchev–Trinajstić information content (AvgIpc) is 2.12. The molecule has 0 aliphatic rings. The Morgan fingerprint density at radius 2 is 1.00 bits per heavy atom. The third kappa shape index (κ3) is 8.05. The van der Waals surface area contributed by atoms with Crippen LogP contribution in [0.4, 0.5) is 0 Å². The summed E-state index contributed by atoms with van der Waals surface area (Å²) < 4.78 is 96.0. The Labute approximate surface area is 188 Å². The second-order valence-corrected chi connectivity index (χ2v) is 7.05. The van der Waals surface area contributed by atoms with Crippen molar-refractivity contribution >= 4 is 30.4 Å². The quantitative estimate of drug-likeness (QED) is 0.362. The smallest absolute Gasteiger partial charge is 0.744 e. The molecular weight excluding hydrogens is 381 g/mol. The molecule has 0 amide bonds. The molecule has 0 heterocycles. The minimum Gasteiger partial charge on any atom is -0.744 e. The van der Waals surface area contributed by atoms with E-state index in [1.165, 1.54) is 0 Å². The SMILES string of the molecule is O=S(=O)([O-])c1ccc(S(=O)(=O)[O-])c(S(=O)(=O)[O-])c1.[Na+].[Na+].[Na+]. The van der Waals surface area contributed by atoms with Gasteiger partial charge in [-0.2, -0.15) is 0 Å². The van der Waals surface area contributed by atoms with Crippen LogP contribution in [0.15, 0.2) is 32.9 Å². The van der Waals surface area contributed by atoms with Crippen molar-refractivity contribution in [3.8, 4) is 0 Å². The summed E-state index contributed by atoms with van der Waals surface area (Å²) in [6.45, 7) is 0. The van der Waals surface area contributed by atoms with E-state index in [4.69, 9.17) is 0 Å². The van der Waals surface area contributed by atoms with Gasteiger partial charge in [0.25, 0.3) is 0 Å². The molecule has 0 N–H and O–H groups in total. The fourth-order valence-electron chi connectivity index (χ4n) is 1.05. The molecular formula is C6H3Na3O9S3. The molecule has 1 aromatic rings. The van der Waals surface area contributed by atoms with Crippen LogP contribution in [0.25, 0.3) is 0 Å². The van der Waals surface area contributed by atoms with Gasteiger partial charge in [0.05, 0.1) is 14.7 Å². The van der Waals surface area contributed by atoms with E-state index in [1.807, 2.05) is 0 Å². The second kappa shape index (κ2) is 9.44. The topological polar surface area (TPSA) is 172 Å². The average molecular weight is 384 g/mol. The Kier molecular flexibility index (Phi) is 12.5. The summed E-state index contributed by atoms with van der Waals surface area (Å²) in [4.78, 5) is -4.12. The van der Waals surface area contributed by atoms with Gasteiger partial charge in [-0.15, -0.1) is 0 Å². The summed E-state index contributed by atoms with van der Waals surface area (Å²) in [5, 5.41) is 0. The van der Waals surface area contributed by atoms with E-state index in [-0.39, 0.29) is 101 Å². The number of rotatable bonds is 3. The molecule has 102 valence electrons. The van der Waals surface area contributed by atoms with Gasteiger partial charge in [0.1, 0.15) is 30.4 Å². The Morgan fingerprint density at radius 1 is 0.619 bits per heavy atom. The van der Waals surface area contributed by atoms with E-state index in [2.05, 4.69) is 0 Å². The van der Waals surface area contributed by atoms with Crippen molar-refractivity contribution in [3.05, 3.63) is 18.2 Å². The molecule has 0 aliphatic carbocycles. The molecule has 15 heteroatoms. The first-order valence-corrected chi connectivity index (χ1v) is 8.08. The molecule has 0 saturated carbocycles. The Morgan fingerprint density at radius 3 is 1.29 bits per heavy atom. The van der Waals surface area contributed by atoms with Crippen LogP contribution in [0.1, 0.15) is 0 Å². The van der Waals surface area contributed by atoms with Gasteiger partial charge < -0.3 is 13.7 Å². The first kappa shape index (κ1) is 27.8. The number of hydrogen-bond acceptors (Lipinski definition) is 9. The van der Waals surface area contributed by atoms with Crippen LogP contribution in [0.5, 0.6) is 0 Å². The Hall–Kier alpha value is 1.95. The van der Waals surface area contributed by atoms with Gasteiger partial charge in [-0.3, -0.25) is 0 Å². The first-order valence-electron chi connectivity index (χ1n) is 3.85. The van der Waals surface area contributed by atoms with Gasteiger partial charge >= 0.3 is 88.7 Å². The molecule has 0 bridgehead atoms. The van der Waals surface area contributed by atoms with Crippen LogP contribution in [0.2, 0.25) is 0 Å². The molecule has 0 saturated heterocycles. The fraction of sp³-hybridized carbons (Fsp3) is 0. The summed E-state index contributed by atoms with van der Waals surface area (Å²) in [5.41, 5.74) is 0. The van der Waals surface area contributed by atoms with Crippen LogP contribution >= 0.6 is 0 Å². The van der Waals surface area contributed by atoms with E-state index in [0.29, 0.717) is 6.07 Å². The van der Waals surface area contributed by atoms with E-state index in [0.717, 1.165) is 0 Å². The van der Waals surface area contributed by atoms with Gasteiger partial charge in [0.15, 0.2) is 0 Å². The first-order chi connectivity index (χ1) is 7.83. The monoisotopic (exact) mass is 384 g/mol. The Balaban J connectivity index is -0.00000108. The molecule has 0 spiro atoms. The van der Waals surface area contributed by atoms with E-state index < -0.39 is 45.0 Å². The minimum atomic E-state index is -5.43. The number of benzene rings is 1. The van der Waals surface area contributed by atoms with E-state index in [9.17, 15) is 38.9 Å². The predicted octanol–water partition coefficient (Wildman–Crippen LogP) is -10.6. The summed E-state index contributed by atoms with van der Waals surface area (Å²) in [7, 11) is -15.8. The van der Waals surface area contributed by atoms with Gasteiger partial charge in [0, 0.05) is 0 Å². The van der Waals surface area contributed by atoms with Gasteiger partial charge in [-0.1, -0.05) is 0 Å². The maximum atomic E-state index is 10.7. The molecule has 9 nitrogen and oxygen atoms in total. The largest absolute Gasteiger partial charge is 1.00 e. The summed E-state index contributed by atoms with van der Waals surface area (Å²) in [5.74, 6) is 0. The van der Waals surface area contributed by atoms with Crippen molar-refractivity contribution in [3.63, 3.8) is 0 Å². The van der Waals surface area contributed by atoms with Crippen LogP contribution in [0.3, 0.4) is 0 Å². The van der Waals surface area contributed by atoms with Crippen LogP contribution < -0.4 is 88.7 Å². The molecule has 0 aromatic heterocycles. The van der Waals surface area contributed by atoms with Crippen LogP contribution in [-0.4, -0.2) is 38.9 Å². The Bertz CT molecular complexity index is 797. The maximum Gasteiger partial charge on any atom is 1.00 e. The molecule has 1 rings (SSSR count). The van der Waals surface area contributed by atoms with Gasteiger partial charge in [-0.25, -0.2) is 25.3 Å². The molecule has 21 heavy (non-hydrogen) atoms. The normalized spacial score (nSPS) is 11.6. The minimum absolute atomic E-state index is 0. The molecule has 0 aliphatic heterocycles. The van der Waals surface area contributed by atoms with E-state index in [1.54, 1.807) is 0 Å². The van der Waals surface area contributed by atoms with E-state index >= 15 is 0 Å². The fourth-order valence-corrected chi connectivity index (χ4v) is 3.36. The summed E-state index contributed by atoms with van der Waals surface area (Å²) in [6.07, 6.45) is 0. The van der Waals surface area contributed by atoms with Gasteiger partial charge in [-0.05, 0) is 18.2 Å². The molecule has 0 unspecified atom stereocenters. The van der Waals surface area contributed by atoms with Crippen LogP contribution in [0, 0.1) is 0 Å². The standard InChI is InChI=1S/C6H6O9S3.3Na/c7-16(8,9)4-1-2-5(17(10,11)12)6(3-4)18(13,14)15;;;/h1-3H,(H,7,8,9)(H,10,11,12)(H,13,14,15);;;/q;3*+1/p-3. The zero-order valence-corrected chi connectivity index (χ0v) is 19.6. The molecule has 1 aromatic carbocycles. The molecule has 0 atom stereocenters. The zero-order chi connectivity index (χ0) is 14.4. The second-order valence-electron chi connectivity index (χ2n) is 2.97. The zero-order valence-electron chi connectivity index (χ0n) is 11.1. The van der Waals surface area contributed by atoms with Crippen molar-refractivity contribution in [2.45, 2.75) is 14.7 Å². The van der Waals surface area contributed by atoms with Crippen molar-refractivity contribution in [1.82, 2.24) is 0 Å². The summed E-state index contributed by atoms with van der Waals surface area (Å²) in [6, 6.07) is 0.731. The molecule has 0 fully saturated rings. The van der Waals surface area contributed by atoms with Crippen molar-refractivity contribution < 1.29 is 128 Å². The number of hydrogen-bond donors (Lipinski definition) is 0. The predicted molar refractivity (Wildman–Crippen MR) is 50.3 cm³/mol. The third-order valence-electron chi connectivity index (χ3n) is 1.74. The molecule has 0 radical (unpaired) electrons. The van der Waals surface area contributed by atoms with Crippen molar-refractivity contribution in [1.29, 1.82) is 0 Å². The van der Waals surface area contributed by atoms with Crippen molar-refractivity contribution in [2.75, 3.05) is 0 Å². The van der Waals surface area contributed by atoms with Crippen molar-refractivity contribution in [2.24, 2.45) is 0 Å². The summed E-state index contributed by atoms with van der Waals surface area (Å²) >= 11 is 0. The maximum absolute atomic E-state index is 10.7. The third-order valence-corrected chi connectivity index (χ3v) is 4.47. The van der Waals surface area contributed by atoms with Gasteiger partial charge in [0.2, 0.25) is 0 Å².